The number of rotatable bonds is 0. The zero-order chi connectivity index (χ0) is 49.1. The molecule has 0 heterocycles. The zero-order valence-electron chi connectivity index (χ0n) is 37.0. The number of ketones is 8. The molecule has 8 nitrogen and oxygen atoms in total. The summed E-state index contributed by atoms with van der Waals surface area (Å²) >= 11 is 11.8. The molecular formula is C59H37Cl2O8. The monoisotopic (exact) mass is 943 g/mol. The lowest BCUT2D eigenvalue weighted by Crippen LogP contribution is -2.21. The minimum Gasteiger partial charge on any atom is -0.289 e. The van der Waals surface area contributed by atoms with E-state index in [1.165, 1.54) is 0 Å². The maximum absolute atomic E-state index is 12.3. The highest BCUT2D eigenvalue weighted by Crippen LogP contribution is 2.33. The van der Waals surface area contributed by atoms with Crippen LogP contribution in [0, 0.1) is 13.8 Å². The fourth-order valence-corrected chi connectivity index (χ4v) is 8.87. The minimum absolute atomic E-state index is 0.0566. The van der Waals surface area contributed by atoms with Crippen molar-refractivity contribution >= 4 is 69.5 Å². The molecule has 0 spiro atoms. The van der Waals surface area contributed by atoms with Gasteiger partial charge in [0, 0.05) is 88.5 Å². The summed E-state index contributed by atoms with van der Waals surface area (Å²) in [5, 5.41) is 0.791. The lowest BCUT2D eigenvalue weighted by atomic mass is 9.83. The number of fused-ring (bicyclic) bond motifs is 8. The van der Waals surface area contributed by atoms with Crippen LogP contribution in [0.2, 0.25) is 10.0 Å². The van der Waals surface area contributed by atoms with Crippen LogP contribution in [0.3, 0.4) is 0 Å². The molecule has 0 atom stereocenters. The quantitative estimate of drug-likeness (QED) is 0.147. The molecule has 0 fully saturated rings. The van der Waals surface area contributed by atoms with E-state index in [2.05, 4.69) is 6.92 Å². The Kier molecular flexibility index (Phi) is 13.6. The van der Waals surface area contributed by atoms with Gasteiger partial charge in [-0.1, -0.05) is 188 Å². The van der Waals surface area contributed by atoms with Crippen LogP contribution in [0.5, 0.6) is 0 Å². The van der Waals surface area contributed by atoms with Crippen molar-refractivity contribution in [2.24, 2.45) is 0 Å². The van der Waals surface area contributed by atoms with E-state index in [0.717, 1.165) is 5.56 Å². The number of hydrogen-bond donors (Lipinski definition) is 0. The largest absolute Gasteiger partial charge is 0.289 e. The minimum atomic E-state index is -0.180. The van der Waals surface area contributed by atoms with Crippen molar-refractivity contribution in [2.45, 2.75) is 13.8 Å². The van der Waals surface area contributed by atoms with Gasteiger partial charge in [0.25, 0.3) is 0 Å². The smallest absolute Gasteiger partial charge is 0.196 e. The third-order valence-corrected chi connectivity index (χ3v) is 12.3. The second kappa shape index (κ2) is 19.9. The molecule has 0 N–H and O–H groups in total. The van der Waals surface area contributed by atoms with E-state index >= 15 is 0 Å². The number of carbonyl (C=O) groups excluding carboxylic acids is 8. The Bertz CT molecular complexity index is 3260. The Morgan fingerprint density at radius 2 is 0.536 bits per heavy atom. The van der Waals surface area contributed by atoms with Crippen LogP contribution in [-0.4, -0.2) is 46.3 Å². The third kappa shape index (κ3) is 8.75. The Morgan fingerprint density at radius 1 is 0.275 bits per heavy atom. The molecule has 0 saturated heterocycles. The van der Waals surface area contributed by atoms with Gasteiger partial charge in [0.1, 0.15) is 0 Å². The van der Waals surface area contributed by atoms with Crippen LogP contribution in [0.4, 0.5) is 0 Å². The fourth-order valence-electron chi connectivity index (χ4n) is 8.44. The summed E-state index contributed by atoms with van der Waals surface area (Å²) in [7, 11) is 0. The van der Waals surface area contributed by atoms with Gasteiger partial charge in [-0.3, -0.25) is 38.4 Å². The summed E-state index contributed by atoms with van der Waals surface area (Å²) in [5.41, 5.74) is 8.39. The van der Waals surface area contributed by atoms with Crippen molar-refractivity contribution in [2.75, 3.05) is 0 Å². The SMILES string of the molecule is Cc1ccc2c(c1)C(=O)c1ccccc1C2=O.O=C1c2ccccc2C(=O)c2c(Cl)cccc21.O=C1c2ccccc2C(=O)c2cc(Cl)ccc21.O=C1c2ccccc2C(=O)c2ccccc21.[CH2]C. The molecule has 0 amide bonds. The van der Waals surface area contributed by atoms with Gasteiger partial charge in [-0.2, -0.15) is 0 Å². The van der Waals surface area contributed by atoms with Gasteiger partial charge < -0.3 is 0 Å². The van der Waals surface area contributed by atoms with E-state index in [4.69, 9.17) is 23.2 Å². The number of aryl methyl sites for hydroxylation is 1. The fraction of sp³-hybridized carbons (Fsp3) is 0.0339. The molecule has 335 valence electrons. The Hall–Kier alpha value is -8.30. The van der Waals surface area contributed by atoms with Gasteiger partial charge in [-0.05, 0) is 37.3 Å². The summed E-state index contributed by atoms with van der Waals surface area (Å²) in [4.78, 5) is 97.5. The summed E-state index contributed by atoms with van der Waals surface area (Å²) in [5.74, 6) is -0.825. The normalized spacial score (nSPS) is 12.9. The molecule has 4 aliphatic carbocycles. The first-order chi connectivity index (χ1) is 33.3. The van der Waals surface area contributed by atoms with Crippen molar-refractivity contribution < 1.29 is 38.4 Å². The number of benzene rings is 8. The molecule has 12 rings (SSSR count). The van der Waals surface area contributed by atoms with E-state index in [0.29, 0.717) is 99.1 Å². The molecule has 0 bridgehead atoms. The predicted octanol–water partition coefficient (Wildman–Crippen LogP) is 12.3. The second-order valence-corrected chi connectivity index (χ2v) is 16.6. The average molecular weight is 945 g/mol. The number of carbonyl (C=O) groups is 8. The third-order valence-electron chi connectivity index (χ3n) is 11.7. The highest BCUT2D eigenvalue weighted by atomic mass is 35.5. The van der Waals surface area contributed by atoms with Gasteiger partial charge in [0.05, 0.1) is 10.6 Å². The van der Waals surface area contributed by atoms with Crippen molar-refractivity contribution in [1.82, 2.24) is 0 Å². The van der Waals surface area contributed by atoms with Crippen molar-refractivity contribution in [1.29, 1.82) is 0 Å². The van der Waals surface area contributed by atoms with Crippen LogP contribution < -0.4 is 0 Å². The van der Waals surface area contributed by atoms with Gasteiger partial charge in [-0.25, -0.2) is 0 Å². The maximum Gasteiger partial charge on any atom is 0.196 e. The molecule has 4 aliphatic rings. The number of halogens is 2. The van der Waals surface area contributed by atoms with Gasteiger partial charge in [0.2, 0.25) is 0 Å². The first-order valence-corrected chi connectivity index (χ1v) is 22.3. The average Bonchev–Trinajstić information content (AvgIpc) is 3.39. The first kappa shape index (κ1) is 47.2. The van der Waals surface area contributed by atoms with Crippen LogP contribution in [0.15, 0.2) is 176 Å². The molecule has 8 aromatic carbocycles. The highest BCUT2D eigenvalue weighted by Gasteiger charge is 2.33. The summed E-state index contributed by atoms with van der Waals surface area (Å²) in [6.07, 6.45) is 0. The van der Waals surface area contributed by atoms with E-state index in [9.17, 15) is 38.4 Å². The van der Waals surface area contributed by atoms with Crippen LogP contribution >= 0.6 is 23.2 Å². The second-order valence-electron chi connectivity index (χ2n) is 15.8. The van der Waals surface area contributed by atoms with Gasteiger partial charge in [0.15, 0.2) is 46.3 Å². The van der Waals surface area contributed by atoms with E-state index in [1.54, 1.807) is 177 Å². The Labute approximate surface area is 407 Å². The molecule has 10 heteroatoms. The topological polar surface area (TPSA) is 137 Å². The summed E-state index contributed by atoms with van der Waals surface area (Å²) in [6.45, 7) is 6.92. The zero-order valence-corrected chi connectivity index (χ0v) is 38.5. The van der Waals surface area contributed by atoms with Crippen molar-refractivity contribution in [3.63, 3.8) is 0 Å². The van der Waals surface area contributed by atoms with Crippen LogP contribution in [0.1, 0.15) is 140 Å². The Morgan fingerprint density at radius 3 is 0.899 bits per heavy atom. The lowest BCUT2D eigenvalue weighted by molar-refractivity contribution is 0.0979. The van der Waals surface area contributed by atoms with Gasteiger partial charge >= 0.3 is 0 Å². The van der Waals surface area contributed by atoms with E-state index < -0.39 is 0 Å². The standard InChI is InChI=1S/C15H10O2.2C14H7ClO2.C14H8O2.C2H5/c1-9-6-7-12-13(8-9)15(17)11-5-3-2-4-10(11)14(12)16;15-11-7-3-6-10-12(11)14(17)9-5-2-1-4-8(9)13(10)16;15-8-5-6-11-12(7-8)14(17)10-4-2-1-3-9(10)13(11)16;15-13-9-5-1-2-6-10(9)14(16)12-8-4-3-7-11(12)13;1-2/h2-8H,1H3;2*1-7H;1-8H;1H2,2H3. The molecule has 0 unspecified atom stereocenters. The van der Waals surface area contributed by atoms with Crippen molar-refractivity contribution in [3.8, 4) is 0 Å². The van der Waals surface area contributed by atoms with Gasteiger partial charge in [-0.15, -0.1) is 0 Å². The molecule has 0 aliphatic heterocycles. The predicted molar refractivity (Wildman–Crippen MR) is 265 cm³/mol. The van der Waals surface area contributed by atoms with E-state index in [1.807, 2.05) is 13.0 Å². The lowest BCUT2D eigenvalue weighted by Gasteiger charge is -2.17. The van der Waals surface area contributed by atoms with Crippen molar-refractivity contribution in [3.05, 3.63) is 287 Å². The molecular weight excluding hydrogens is 908 g/mol. The highest BCUT2D eigenvalue weighted by molar-refractivity contribution is 6.39. The summed E-state index contributed by atoms with van der Waals surface area (Å²) in [6, 6.07) is 49.6. The molecule has 8 aromatic rings. The van der Waals surface area contributed by atoms with Crippen LogP contribution in [0.25, 0.3) is 0 Å². The molecule has 1 radical (unpaired) electrons. The van der Waals surface area contributed by atoms with Crippen LogP contribution in [-0.2, 0) is 0 Å². The van der Waals surface area contributed by atoms with E-state index in [-0.39, 0.29) is 46.3 Å². The maximum atomic E-state index is 12.3. The Balaban J connectivity index is 0.000000123. The molecule has 0 saturated carbocycles. The summed E-state index contributed by atoms with van der Waals surface area (Å²) < 4.78 is 0. The number of hydrogen-bond acceptors (Lipinski definition) is 8. The molecule has 0 aromatic heterocycles. The first-order valence-electron chi connectivity index (χ1n) is 21.6. The molecule has 69 heavy (non-hydrogen) atoms.